The van der Waals surface area contributed by atoms with Crippen LogP contribution in [0.25, 0.3) is 0 Å². The molecule has 4 unspecified atom stereocenters. The monoisotopic (exact) mass is 454 g/mol. The highest BCUT2D eigenvalue weighted by Gasteiger charge is 2.60. The highest BCUT2D eigenvalue weighted by Crippen LogP contribution is 2.44. The van der Waals surface area contributed by atoms with Gasteiger partial charge in [-0.25, -0.2) is 0 Å². The summed E-state index contributed by atoms with van der Waals surface area (Å²) in [5.74, 6) is -5.03. The van der Waals surface area contributed by atoms with Crippen molar-refractivity contribution in [3.63, 3.8) is 0 Å². The first-order valence-corrected chi connectivity index (χ1v) is 10.5. The number of benzene rings is 1. The number of likely N-dealkylation sites (tertiary alicyclic amines) is 1. The number of allylic oxidation sites excluding steroid dienone is 1. The Bertz CT molecular complexity index is 902. The van der Waals surface area contributed by atoms with Crippen molar-refractivity contribution in [3.05, 3.63) is 42.0 Å². The minimum atomic E-state index is -4.89. The van der Waals surface area contributed by atoms with Crippen LogP contribution in [0.1, 0.15) is 44.2 Å². The summed E-state index contributed by atoms with van der Waals surface area (Å²) in [6, 6.07) is 2.75. The Balaban J connectivity index is 1.81. The van der Waals surface area contributed by atoms with Crippen LogP contribution in [-0.4, -0.2) is 46.7 Å². The molecule has 0 spiro atoms. The van der Waals surface area contributed by atoms with Gasteiger partial charge < -0.3 is 9.84 Å². The smallest absolute Gasteiger partial charge is 0.480 e. The summed E-state index contributed by atoms with van der Waals surface area (Å²) >= 11 is 0. The molecule has 0 aliphatic carbocycles. The van der Waals surface area contributed by atoms with Crippen molar-refractivity contribution >= 4 is 17.8 Å². The summed E-state index contributed by atoms with van der Waals surface area (Å²) < 4.78 is 41.7. The van der Waals surface area contributed by atoms with Crippen LogP contribution in [0.2, 0.25) is 0 Å². The van der Waals surface area contributed by atoms with Crippen molar-refractivity contribution in [1.29, 1.82) is 0 Å². The number of fused-ring (bicyclic) bond motifs is 1. The number of nitrogens with zero attached hydrogens (tertiary/aromatic N) is 1. The Labute approximate surface area is 183 Å². The minimum Gasteiger partial charge on any atom is -0.480 e. The number of amides is 2. The number of carboxylic acid groups (broad SMARTS) is 1. The van der Waals surface area contributed by atoms with Crippen molar-refractivity contribution in [1.82, 2.24) is 10.2 Å². The maximum atomic E-state index is 13.1. The molecule has 0 bridgehead atoms. The third kappa shape index (κ3) is 5.12. The molecule has 2 heterocycles. The van der Waals surface area contributed by atoms with Crippen LogP contribution in [0.4, 0.5) is 13.2 Å². The highest BCUT2D eigenvalue weighted by molar-refractivity contribution is 6.08. The molecule has 10 heteroatoms. The quantitative estimate of drug-likeness (QED) is 0.337. The first kappa shape index (κ1) is 23.8. The molecule has 2 aliphatic heterocycles. The van der Waals surface area contributed by atoms with Crippen LogP contribution in [0.15, 0.2) is 36.4 Å². The van der Waals surface area contributed by atoms with Crippen molar-refractivity contribution in [3.8, 4) is 5.75 Å². The third-order valence-electron chi connectivity index (χ3n) is 5.69. The van der Waals surface area contributed by atoms with E-state index in [1.54, 1.807) is 0 Å². The number of aliphatic carboxylic acids is 1. The Morgan fingerprint density at radius 3 is 2.53 bits per heavy atom. The van der Waals surface area contributed by atoms with E-state index in [4.69, 9.17) is 0 Å². The fourth-order valence-corrected chi connectivity index (χ4v) is 4.29. The summed E-state index contributed by atoms with van der Waals surface area (Å²) in [7, 11) is 0. The largest absolute Gasteiger partial charge is 0.573 e. The number of carbonyl (C=O) groups excluding carboxylic acids is 2. The number of carbonyl (C=O) groups is 3. The minimum absolute atomic E-state index is 0.129. The third-order valence-corrected chi connectivity index (χ3v) is 5.69. The SMILES string of the molecule is CCCC/C=C/CCN1C(=O)C2C(C(=O)O)NC(c3cccc(OC(F)(F)F)c3)C2C1=O. The number of carboxylic acids is 1. The number of hydrogen-bond donors (Lipinski definition) is 2. The maximum Gasteiger partial charge on any atom is 0.573 e. The van der Waals surface area contributed by atoms with E-state index in [1.165, 1.54) is 12.1 Å². The summed E-state index contributed by atoms with van der Waals surface area (Å²) in [4.78, 5) is 38.8. The Morgan fingerprint density at radius 1 is 1.19 bits per heavy atom. The molecular weight excluding hydrogens is 429 g/mol. The standard InChI is InChI=1S/C22H25F3N2O5/c1-2-3-4-5-6-7-11-27-19(28)15-16(20(27)29)18(21(30)31)26-17(15)13-9-8-10-14(12-13)32-22(23,24)25/h5-6,8-10,12,15-18,26H,2-4,7,11H2,1H3,(H,30,31)/b6-5+. The van der Waals surface area contributed by atoms with E-state index in [1.807, 2.05) is 12.2 Å². The fraction of sp³-hybridized carbons (Fsp3) is 0.500. The highest BCUT2D eigenvalue weighted by atomic mass is 19.4. The molecule has 1 aromatic carbocycles. The van der Waals surface area contributed by atoms with Crippen LogP contribution in [-0.2, 0) is 14.4 Å². The predicted octanol–water partition coefficient (Wildman–Crippen LogP) is 3.42. The number of hydrogen-bond acceptors (Lipinski definition) is 5. The summed E-state index contributed by atoms with van der Waals surface area (Å²) in [6.07, 6.45) is 2.40. The Hall–Kier alpha value is -2.88. The molecule has 2 fully saturated rings. The van der Waals surface area contributed by atoms with Gasteiger partial charge in [0.2, 0.25) is 11.8 Å². The Morgan fingerprint density at radius 2 is 1.88 bits per heavy atom. The van der Waals surface area contributed by atoms with Crippen LogP contribution in [0.5, 0.6) is 5.75 Å². The second-order valence-electron chi connectivity index (χ2n) is 7.86. The molecule has 32 heavy (non-hydrogen) atoms. The fourth-order valence-electron chi connectivity index (χ4n) is 4.29. The van der Waals surface area contributed by atoms with Gasteiger partial charge in [-0.1, -0.05) is 44.1 Å². The first-order valence-electron chi connectivity index (χ1n) is 10.5. The number of imide groups is 1. The predicted molar refractivity (Wildman–Crippen MR) is 107 cm³/mol. The van der Waals surface area contributed by atoms with E-state index in [0.29, 0.717) is 6.42 Å². The zero-order valence-corrected chi connectivity index (χ0v) is 17.5. The lowest BCUT2D eigenvalue weighted by molar-refractivity contribution is -0.274. The lowest BCUT2D eigenvalue weighted by atomic mass is 9.86. The van der Waals surface area contributed by atoms with Gasteiger partial charge in [0.25, 0.3) is 0 Å². The topological polar surface area (TPSA) is 95.9 Å². The summed E-state index contributed by atoms with van der Waals surface area (Å²) in [5.41, 5.74) is 0.243. The van der Waals surface area contributed by atoms with E-state index in [0.717, 1.165) is 36.3 Å². The molecule has 0 saturated carbocycles. The van der Waals surface area contributed by atoms with Crippen molar-refractivity contribution in [2.75, 3.05) is 6.54 Å². The second kappa shape index (κ2) is 9.72. The average molecular weight is 454 g/mol. The number of nitrogens with one attached hydrogen (secondary N) is 1. The van der Waals surface area contributed by atoms with Gasteiger partial charge in [0, 0.05) is 12.6 Å². The molecule has 3 rings (SSSR count). The molecule has 0 radical (unpaired) electrons. The van der Waals surface area contributed by atoms with Gasteiger partial charge in [-0.05, 0) is 30.5 Å². The summed E-state index contributed by atoms with van der Waals surface area (Å²) in [6.45, 7) is 2.20. The van der Waals surface area contributed by atoms with Crippen molar-refractivity contribution in [2.24, 2.45) is 11.8 Å². The number of ether oxygens (including phenoxy) is 1. The number of unbranched alkanes of at least 4 members (excludes halogenated alkanes) is 2. The molecule has 0 aromatic heterocycles. The molecule has 174 valence electrons. The molecule has 2 amide bonds. The van der Waals surface area contributed by atoms with Gasteiger partial charge in [0.15, 0.2) is 0 Å². The first-order chi connectivity index (χ1) is 15.1. The molecular formula is C22H25F3N2O5. The number of halogens is 3. The number of alkyl halides is 3. The van der Waals surface area contributed by atoms with Gasteiger partial charge in [-0.2, -0.15) is 0 Å². The molecule has 2 saturated heterocycles. The van der Waals surface area contributed by atoms with Crippen LogP contribution in [0, 0.1) is 11.8 Å². The maximum absolute atomic E-state index is 13.1. The van der Waals surface area contributed by atoms with Crippen LogP contribution in [0.3, 0.4) is 0 Å². The molecule has 2 aliphatic rings. The van der Waals surface area contributed by atoms with Crippen molar-refractivity contribution < 1.29 is 37.4 Å². The molecule has 7 nitrogen and oxygen atoms in total. The zero-order chi connectivity index (χ0) is 23.5. The molecule has 4 atom stereocenters. The van der Waals surface area contributed by atoms with Gasteiger partial charge in [-0.3, -0.25) is 24.6 Å². The lowest BCUT2D eigenvalue weighted by Gasteiger charge is -2.21. The molecule has 2 N–H and O–H groups in total. The van der Waals surface area contributed by atoms with E-state index >= 15 is 0 Å². The van der Waals surface area contributed by atoms with Crippen LogP contribution < -0.4 is 10.1 Å². The van der Waals surface area contributed by atoms with E-state index in [2.05, 4.69) is 17.0 Å². The average Bonchev–Trinajstić information content (AvgIpc) is 3.22. The summed E-state index contributed by atoms with van der Waals surface area (Å²) in [5, 5.41) is 12.3. The van der Waals surface area contributed by atoms with E-state index in [9.17, 15) is 32.7 Å². The zero-order valence-electron chi connectivity index (χ0n) is 17.5. The van der Waals surface area contributed by atoms with Gasteiger partial charge in [0.1, 0.15) is 11.8 Å². The van der Waals surface area contributed by atoms with Gasteiger partial charge in [-0.15, -0.1) is 13.2 Å². The second-order valence-corrected chi connectivity index (χ2v) is 7.86. The number of rotatable bonds is 9. The molecule has 1 aromatic rings. The van der Waals surface area contributed by atoms with Gasteiger partial charge in [0.05, 0.1) is 11.8 Å². The normalized spacial score (nSPS) is 25.6. The van der Waals surface area contributed by atoms with Crippen molar-refractivity contribution in [2.45, 2.75) is 51.1 Å². The van der Waals surface area contributed by atoms with Crippen LogP contribution >= 0.6 is 0 Å². The Kier molecular flexibility index (Phi) is 7.22. The lowest BCUT2D eigenvalue weighted by Crippen LogP contribution is -2.43. The van der Waals surface area contributed by atoms with E-state index < -0.39 is 53.8 Å². The van der Waals surface area contributed by atoms with E-state index in [-0.39, 0.29) is 12.1 Å². The van der Waals surface area contributed by atoms with Gasteiger partial charge >= 0.3 is 12.3 Å².